The quantitative estimate of drug-likeness (QED) is 0.172. The van der Waals surface area contributed by atoms with Crippen molar-refractivity contribution in [2.24, 2.45) is 5.92 Å². The molecule has 0 spiro atoms. The monoisotopic (exact) mass is 626 g/mol. The van der Waals surface area contributed by atoms with E-state index in [2.05, 4.69) is 48.6 Å². The minimum Gasteiger partial charge on any atom is -0.502 e. The van der Waals surface area contributed by atoms with E-state index in [9.17, 15) is 9.90 Å². The first-order valence-corrected chi connectivity index (χ1v) is 15.4. The number of rotatable bonds is 8. The van der Waals surface area contributed by atoms with Gasteiger partial charge in [-0.3, -0.25) is 4.79 Å². The van der Waals surface area contributed by atoms with Crippen molar-refractivity contribution in [1.29, 1.82) is 0 Å². The van der Waals surface area contributed by atoms with Gasteiger partial charge in [-0.2, -0.15) is 0 Å². The Bertz CT molecular complexity index is 1770. The van der Waals surface area contributed by atoms with Gasteiger partial charge in [0.25, 0.3) is 6.47 Å². The number of aryl methyl sites for hydroxylation is 2. The first kappa shape index (κ1) is 30.1. The lowest BCUT2D eigenvalue weighted by atomic mass is 9.79. The van der Waals surface area contributed by atoms with Crippen LogP contribution in [0.25, 0.3) is 20.8 Å². The van der Waals surface area contributed by atoms with Gasteiger partial charge >= 0.3 is 0 Å². The zero-order valence-electron chi connectivity index (χ0n) is 25.2. The maximum absolute atomic E-state index is 10.9. The van der Waals surface area contributed by atoms with Gasteiger partial charge in [0.2, 0.25) is 12.5 Å². The van der Waals surface area contributed by atoms with Gasteiger partial charge in [-0.1, -0.05) is 18.2 Å². The highest BCUT2D eigenvalue weighted by atomic mass is 32.1. The van der Waals surface area contributed by atoms with Gasteiger partial charge < -0.3 is 34.1 Å². The summed E-state index contributed by atoms with van der Waals surface area (Å²) in [5.41, 5.74) is 6.74. The van der Waals surface area contributed by atoms with E-state index in [0.29, 0.717) is 24.6 Å². The van der Waals surface area contributed by atoms with Crippen LogP contribution in [0, 0.1) is 12.8 Å². The second kappa shape index (κ2) is 13.4. The number of aromatic nitrogens is 1. The Morgan fingerprint density at radius 1 is 1.00 bits per heavy atom. The van der Waals surface area contributed by atoms with Gasteiger partial charge in [-0.25, -0.2) is 4.98 Å². The molecule has 45 heavy (non-hydrogen) atoms. The molecule has 9 nitrogen and oxygen atoms in total. The van der Waals surface area contributed by atoms with E-state index in [1.54, 1.807) is 29.5 Å². The zero-order valence-corrected chi connectivity index (χ0v) is 26.1. The normalized spacial score (nSPS) is 16.2. The molecule has 0 saturated carbocycles. The molecule has 1 aliphatic carbocycles. The van der Waals surface area contributed by atoms with E-state index in [4.69, 9.17) is 28.7 Å². The van der Waals surface area contributed by atoms with Crippen molar-refractivity contribution in [1.82, 2.24) is 4.98 Å². The number of nitrogens with one attached hydrogen (secondary N) is 1. The Hall–Kier alpha value is -4.96. The number of methoxy groups -OCH3 is 2. The van der Waals surface area contributed by atoms with Crippen molar-refractivity contribution in [3.8, 4) is 39.3 Å². The van der Waals surface area contributed by atoms with Gasteiger partial charge in [0.1, 0.15) is 5.01 Å². The molecule has 7 rings (SSSR count). The molecule has 4 aromatic carbocycles. The van der Waals surface area contributed by atoms with E-state index >= 15 is 0 Å². The van der Waals surface area contributed by atoms with Crippen LogP contribution in [0.1, 0.15) is 29.2 Å². The molecule has 2 N–H and O–H groups in total. The summed E-state index contributed by atoms with van der Waals surface area (Å²) in [7, 11) is 2.99. The smallest absolute Gasteiger partial charge is 0.293 e. The van der Waals surface area contributed by atoms with Crippen LogP contribution < -0.4 is 24.3 Å². The Kier molecular flexibility index (Phi) is 8.93. The van der Waals surface area contributed by atoms with E-state index in [0.717, 1.165) is 51.7 Å². The molecule has 2 heterocycles. The van der Waals surface area contributed by atoms with E-state index in [-0.39, 0.29) is 24.5 Å². The number of para-hydroxylation sites is 2. The fourth-order valence-electron chi connectivity index (χ4n) is 5.76. The van der Waals surface area contributed by atoms with Gasteiger partial charge in [0.15, 0.2) is 23.0 Å². The molecule has 232 valence electrons. The number of phenols is 1. The van der Waals surface area contributed by atoms with Gasteiger partial charge in [0, 0.05) is 17.2 Å². The van der Waals surface area contributed by atoms with Crippen molar-refractivity contribution in [3.05, 3.63) is 89.5 Å². The number of thiazole rings is 1. The fourth-order valence-corrected chi connectivity index (χ4v) is 6.72. The first-order valence-electron chi connectivity index (χ1n) is 14.6. The third-order valence-electron chi connectivity index (χ3n) is 8.08. The molecule has 0 saturated heterocycles. The highest BCUT2D eigenvalue weighted by molar-refractivity contribution is 7.21. The molecular formula is C35H34N2O7S. The summed E-state index contributed by atoms with van der Waals surface area (Å²) >= 11 is 1.71. The minimum atomic E-state index is -0.00907. The largest absolute Gasteiger partial charge is 0.502 e. The zero-order chi connectivity index (χ0) is 31.3. The molecule has 1 aromatic heterocycles. The predicted octanol–water partition coefficient (Wildman–Crippen LogP) is 7.30. The number of anilines is 1. The lowest BCUT2D eigenvalue weighted by Crippen LogP contribution is -2.30. The summed E-state index contributed by atoms with van der Waals surface area (Å²) in [5.74, 6) is 2.61. The highest BCUT2D eigenvalue weighted by Gasteiger charge is 2.33. The Morgan fingerprint density at radius 3 is 2.47 bits per heavy atom. The summed E-state index contributed by atoms with van der Waals surface area (Å²) in [4.78, 5) is 15.7. The highest BCUT2D eigenvalue weighted by Crippen LogP contribution is 2.44. The average molecular weight is 627 g/mol. The standard InChI is InChI=1S/C27H24N2O4S.C8H10O3/c1-16-10-18(27-29-22-4-2-3-5-25(22)34-27)8-9-21(16)28-26-19(13-31-14-30)7-6-17-11-23-24(12-20(17)26)33-15-32-23;1-10-6-4-3-5-7(11-2)8(6)9/h2-5,8-12,14,19,26,28H,6-7,13,15H2,1H3;3-5,9H,1-2H3. The fraction of sp³-hybridized carbons (Fsp3) is 0.257. The van der Waals surface area contributed by atoms with Gasteiger partial charge in [-0.05, 0) is 91.1 Å². The number of aromatic hydroxyl groups is 1. The first-order chi connectivity index (χ1) is 22.0. The van der Waals surface area contributed by atoms with Crippen molar-refractivity contribution in [2.75, 3.05) is 32.9 Å². The van der Waals surface area contributed by atoms with Crippen LogP contribution >= 0.6 is 11.3 Å². The van der Waals surface area contributed by atoms with Crippen molar-refractivity contribution >= 4 is 33.7 Å². The average Bonchev–Trinajstić information content (AvgIpc) is 3.71. The van der Waals surface area contributed by atoms with E-state index in [1.807, 2.05) is 18.2 Å². The molecule has 0 fully saturated rings. The molecule has 10 heteroatoms. The third kappa shape index (κ3) is 6.32. The SMILES string of the molecule is COc1cccc(OC)c1O.Cc1cc(-c2nc3ccccc3s2)ccc1NC1c2cc3c(cc2CCC1COC=O)OCO3. The second-order valence-electron chi connectivity index (χ2n) is 10.8. The van der Waals surface area contributed by atoms with Crippen LogP contribution in [0.5, 0.6) is 28.7 Å². The van der Waals surface area contributed by atoms with Crippen molar-refractivity contribution in [3.63, 3.8) is 0 Å². The Morgan fingerprint density at radius 2 is 1.76 bits per heavy atom. The van der Waals surface area contributed by atoms with Crippen molar-refractivity contribution in [2.45, 2.75) is 25.8 Å². The number of nitrogens with zero attached hydrogens (tertiary/aromatic N) is 1. The molecule has 2 atom stereocenters. The lowest BCUT2D eigenvalue weighted by molar-refractivity contribution is -0.130. The number of hydrogen-bond acceptors (Lipinski definition) is 10. The van der Waals surface area contributed by atoms with Crippen LogP contribution in [-0.4, -0.2) is 44.2 Å². The number of carbonyl (C=O) groups excluding carboxylic acids is 1. The molecular weight excluding hydrogens is 592 g/mol. The number of ether oxygens (including phenoxy) is 5. The number of phenolic OH excluding ortho intramolecular Hbond substituents is 1. The van der Waals surface area contributed by atoms with Crippen molar-refractivity contribution < 1.29 is 33.6 Å². The van der Waals surface area contributed by atoms with E-state index in [1.165, 1.54) is 30.0 Å². The number of carbonyl (C=O) groups is 1. The van der Waals surface area contributed by atoms with Crippen LogP contribution in [0.15, 0.2) is 72.8 Å². The summed E-state index contributed by atoms with van der Waals surface area (Å²) < 4.78 is 27.3. The second-order valence-corrected chi connectivity index (χ2v) is 11.8. The van der Waals surface area contributed by atoms with Crippen LogP contribution in [-0.2, 0) is 16.0 Å². The third-order valence-corrected chi connectivity index (χ3v) is 9.17. The molecule has 1 aliphatic heterocycles. The predicted molar refractivity (Wildman–Crippen MR) is 174 cm³/mol. The number of fused-ring (bicyclic) bond motifs is 3. The molecule has 0 bridgehead atoms. The molecule has 5 aromatic rings. The van der Waals surface area contributed by atoms with Crippen LogP contribution in [0.2, 0.25) is 0 Å². The molecule has 0 amide bonds. The summed E-state index contributed by atoms with van der Waals surface area (Å²) in [6.45, 7) is 3.27. The summed E-state index contributed by atoms with van der Waals surface area (Å²) in [6.07, 6.45) is 1.83. The summed E-state index contributed by atoms with van der Waals surface area (Å²) in [6, 6.07) is 23.9. The Labute approximate surface area is 265 Å². The molecule has 2 aliphatic rings. The number of hydrogen-bond donors (Lipinski definition) is 2. The van der Waals surface area contributed by atoms with Gasteiger partial charge in [-0.15, -0.1) is 11.3 Å². The maximum Gasteiger partial charge on any atom is 0.293 e. The molecule has 0 radical (unpaired) electrons. The van der Waals surface area contributed by atoms with Crippen LogP contribution in [0.3, 0.4) is 0 Å². The molecule has 2 unspecified atom stereocenters. The van der Waals surface area contributed by atoms with Crippen LogP contribution in [0.4, 0.5) is 5.69 Å². The maximum atomic E-state index is 10.9. The minimum absolute atomic E-state index is 0.00907. The number of benzene rings is 4. The van der Waals surface area contributed by atoms with Gasteiger partial charge in [0.05, 0.1) is 37.1 Å². The Balaban J connectivity index is 0.000000276. The summed E-state index contributed by atoms with van der Waals surface area (Å²) in [5, 5.41) is 14.1. The lowest BCUT2D eigenvalue weighted by Gasteiger charge is -2.35. The van der Waals surface area contributed by atoms with E-state index < -0.39 is 0 Å². The topological polar surface area (TPSA) is 108 Å².